The Hall–Kier alpha value is -0.810. The molecule has 2 fully saturated rings. The van der Waals surface area contributed by atoms with Crippen molar-refractivity contribution in [2.24, 2.45) is 5.73 Å². The maximum atomic E-state index is 12.2. The molecule has 1 saturated heterocycles. The summed E-state index contributed by atoms with van der Waals surface area (Å²) in [4.78, 5) is 12.2. The summed E-state index contributed by atoms with van der Waals surface area (Å²) < 4.78 is 11.0. The van der Waals surface area contributed by atoms with Gasteiger partial charge in [0.1, 0.15) is 5.60 Å². The zero-order valence-corrected chi connectivity index (χ0v) is 13.0. The molecule has 20 heavy (non-hydrogen) atoms. The number of carbonyl (C=O) groups is 1. The number of rotatable bonds is 2. The fourth-order valence-electron chi connectivity index (χ4n) is 3.34. The normalized spacial score (nSPS) is 30.0. The van der Waals surface area contributed by atoms with Gasteiger partial charge in [0.2, 0.25) is 0 Å². The summed E-state index contributed by atoms with van der Waals surface area (Å²) in [5.41, 5.74) is 5.31. The largest absolute Gasteiger partial charge is 0.444 e. The number of carbonyl (C=O) groups excluding carboxylic acids is 1. The van der Waals surface area contributed by atoms with Crippen LogP contribution in [0.25, 0.3) is 0 Å². The number of hydrogen-bond donors (Lipinski definition) is 2. The van der Waals surface area contributed by atoms with Gasteiger partial charge in [-0.25, -0.2) is 4.79 Å². The van der Waals surface area contributed by atoms with Gasteiger partial charge in [-0.1, -0.05) is 19.3 Å². The van der Waals surface area contributed by atoms with E-state index in [1.807, 2.05) is 20.8 Å². The van der Waals surface area contributed by atoms with Crippen LogP contribution in [-0.4, -0.2) is 36.0 Å². The van der Waals surface area contributed by atoms with Gasteiger partial charge in [-0.05, 0) is 40.0 Å². The molecule has 2 rings (SSSR count). The van der Waals surface area contributed by atoms with Crippen LogP contribution in [0.2, 0.25) is 0 Å². The number of amides is 1. The molecule has 0 aromatic carbocycles. The maximum Gasteiger partial charge on any atom is 0.408 e. The number of alkyl carbamates (subject to hydrolysis) is 1. The number of nitrogens with one attached hydrogen (secondary N) is 1. The van der Waals surface area contributed by atoms with Crippen molar-refractivity contribution in [2.75, 3.05) is 13.2 Å². The lowest BCUT2D eigenvalue weighted by Gasteiger charge is -2.48. The topological polar surface area (TPSA) is 73.6 Å². The highest BCUT2D eigenvalue weighted by atomic mass is 16.6. The van der Waals surface area contributed by atoms with E-state index in [4.69, 9.17) is 15.2 Å². The van der Waals surface area contributed by atoms with E-state index >= 15 is 0 Å². The summed E-state index contributed by atoms with van der Waals surface area (Å²) >= 11 is 0. The number of hydrogen-bond acceptors (Lipinski definition) is 4. The molecule has 1 aliphatic heterocycles. The minimum Gasteiger partial charge on any atom is -0.444 e. The standard InChI is InChI=1S/C15H28N2O3/c1-13(2,3)20-12(18)17-15(9-10-19-11-15)14(16)7-5-4-6-8-14/h4-11,16H2,1-3H3,(H,17,18). The molecule has 116 valence electrons. The Bertz CT molecular complexity index is 351. The summed E-state index contributed by atoms with van der Waals surface area (Å²) in [5, 5.41) is 3.05. The Morgan fingerprint density at radius 3 is 2.35 bits per heavy atom. The molecule has 5 heteroatoms. The smallest absolute Gasteiger partial charge is 0.408 e. The van der Waals surface area contributed by atoms with Gasteiger partial charge in [-0.15, -0.1) is 0 Å². The predicted octanol–water partition coefficient (Wildman–Crippen LogP) is 2.33. The molecule has 1 heterocycles. The Morgan fingerprint density at radius 1 is 1.20 bits per heavy atom. The molecule has 0 spiro atoms. The zero-order chi connectivity index (χ0) is 14.9. The maximum absolute atomic E-state index is 12.2. The lowest BCUT2D eigenvalue weighted by molar-refractivity contribution is 0.0300. The first kappa shape index (κ1) is 15.6. The van der Waals surface area contributed by atoms with Crippen LogP contribution < -0.4 is 11.1 Å². The molecular formula is C15H28N2O3. The summed E-state index contributed by atoms with van der Waals surface area (Å²) in [7, 11) is 0. The van der Waals surface area contributed by atoms with E-state index in [2.05, 4.69) is 5.32 Å². The quantitative estimate of drug-likeness (QED) is 0.816. The summed E-state index contributed by atoms with van der Waals surface area (Å²) in [6.45, 7) is 6.73. The second-order valence-electron chi connectivity index (χ2n) is 7.23. The van der Waals surface area contributed by atoms with Crippen molar-refractivity contribution in [2.45, 2.75) is 76.0 Å². The Morgan fingerprint density at radius 2 is 1.85 bits per heavy atom. The van der Waals surface area contributed by atoms with Gasteiger partial charge < -0.3 is 20.5 Å². The van der Waals surface area contributed by atoms with Gasteiger partial charge in [0.15, 0.2) is 0 Å². The van der Waals surface area contributed by atoms with Gasteiger partial charge in [-0.3, -0.25) is 0 Å². The molecule has 0 radical (unpaired) electrons. The summed E-state index contributed by atoms with van der Waals surface area (Å²) in [6.07, 6.45) is 5.71. The molecule has 1 aliphatic carbocycles. The molecule has 0 aromatic heterocycles. The minimum absolute atomic E-state index is 0.376. The third-order valence-corrected chi connectivity index (χ3v) is 4.46. The molecule has 5 nitrogen and oxygen atoms in total. The van der Waals surface area contributed by atoms with E-state index in [1.54, 1.807) is 0 Å². The Kier molecular flexibility index (Phi) is 4.30. The third-order valence-electron chi connectivity index (χ3n) is 4.46. The number of nitrogens with two attached hydrogens (primary N) is 1. The third kappa shape index (κ3) is 3.26. The van der Waals surface area contributed by atoms with E-state index < -0.39 is 17.2 Å². The van der Waals surface area contributed by atoms with Crippen LogP contribution in [-0.2, 0) is 9.47 Å². The lowest BCUT2D eigenvalue weighted by Crippen LogP contribution is -2.70. The Labute approximate surface area is 121 Å². The first-order chi connectivity index (χ1) is 9.27. The Balaban J connectivity index is 2.11. The van der Waals surface area contributed by atoms with Crippen molar-refractivity contribution in [3.63, 3.8) is 0 Å². The van der Waals surface area contributed by atoms with Crippen LogP contribution in [0.4, 0.5) is 4.79 Å². The van der Waals surface area contributed by atoms with Crippen LogP contribution in [0.3, 0.4) is 0 Å². The highest BCUT2D eigenvalue weighted by Gasteiger charge is 2.52. The van der Waals surface area contributed by atoms with Crippen LogP contribution in [0.1, 0.15) is 59.3 Å². The minimum atomic E-state index is -0.501. The molecular weight excluding hydrogens is 256 g/mol. The molecule has 1 atom stereocenters. The molecule has 1 saturated carbocycles. The van der Waals surface area contributed by atoms with Crippen molar-refractivity contribution < 1.29 is 14.3 Å². The van der Waals surface area contributed by atoms with E-state index in [9.17, 15) is 4.79 Å². The molecule has 1 amide bonds. The van der Waals surface area contributed by atoms with Crippen LogP contribution in [0, 0.1) is 0 Å². The average molecular weight is 284 g/mol. The number of ether oxygens (including phenoxy) is 2. The van der Waals surface area contributed by atoms with E-state index in [1.165, 1.54) is 6.42 Å². The zero-order valence-electron chi connectivity index (χ0n) is 13.0. The van der Waals surface area contributed by atoms with Gasteiger partial charge in [-0.2, -0.15) is 0 Å². The van der Waals surface area contributed by atoms with Gasteiger partial charge in [0.25, 0.3) is 0 Å². The van der Waals surface area contributed by atoms with Gasteiger partial charge in [0.05, 0.1) is 12.1 Å². The molecule has 0 bridgehead atoms. The van der Waals surface area contributed by atoms with E-state index in [-0.39, 0.29) is 5.54 Å². The van der Waals surface area contributed by atoms with Crippen molar-refractivity contribution in [3.05, 3.63) is 0 Å². The molecule has 2 aliphatic rings. The summed E-state index contributed by atoms with van der Waals surface area (Å²) in [6, 6.07) is 0. The predicted molar refractivity (Wildman–Crippen MR) is 77.5 cm³/mol. The average Bonchev–Trinajstić information content (AvgIpc) is 2.77. The van der Waals surface area contributed by atoms with Crippen LogP contribution in [0.5, 0.6) is 0 Å². The lowest BCUT2D eigenvalue weighted by atomic mass is 9.68. The van der Waals surface area contributed by atoms with Crippen molar-refractivity contribution in [3.8, 4) is 0 Å². The second kappa shape index (κ2) is 5.53. The second-order valence-corrected chi connectivity index (χ2v) is 7.23. The first-order valence-electron chi connectivity index (χ1n) is 7.64. The first-order valence-corrected chi connectivity index (χ1v) is 7.64. The highest BCUT2D eigenvalue weighted by molar-refractivity contribution is 5.69. The van der Waals surface area contributed by atoms with Crippen molar-refractivity contribution in [1.82, 2.24) is 5.32 Å². The highest BCUT2D eigenvalue weighted by Crippen LogP contribution is 2.39. The molecule has 0 aromatic rings. The van der Waals surface area contributed by atoms with Crippen molar-refractivity contribution in [1.29, 1.82) is 0 Å². The van der Waals surface area contributed by atoms with Crippen LogP contribution in [0.15, 0.2) is 0 Å². The van der Waals surface area contributed by atoms with Crippen molar-refractivity contribution >= 4 is 6.09 Å². The van der Waals surface area contributed by atoms with E-state index in [0.29, 0.717) is 13.2 Å². The summed E-state index contributed by atoms with van der Waals surface area (Å²) in [5.74, 6) is 0. The van der Waals surface area contributed by atoms with E-state index in [0.717, 1.165) is 32.1 Å². The monoisotopic (exact) mass is 284 g/mol. The molecule has 1 unspecified atom stereocenters. The fourth-order valence-corrected chi connectivity index (χ4v) is 3.34. The SMILES string of the molecule is CC(C)(C)OC(=O)NC1(C2(N)CCCCC2)CCOC1. The van der Waals surface area contributed by atoms with Crippen LogP contribution >= 0.6 is 0 Å². The van der Waals surface area contributed by atoms with Gasteiger partial charge >= 0.3 is 6.09 Å². The molecule has 3 N–H and O–H groups in total. The fraction of sp³-hybridized carbons (Fsp3) is 0.933. The van der Waals surface area contributed by atoms with Gasteiger partial charge in [0, 0.05) is 12.1 Å².